The van der Waals surface area contributed by atoms with E-state index < -0.39 is 17.4 Å². The molecule has 1 unspecified atom stereocenters. The van der Waals surface area contributed by atoms with Crippen LogP contribution in [0.2, 0.25) is 0 Å². The van der Waals surface area contributed by atoms with E-state index in [0.717, 1.165) is 0 Å². The van der Waals surface area contributed by atoms with Gasteiger partial charge in [0.2, 0.25) is 0 Å². The molecule has 1 heterocycles. The molecule has 6 nitrogen and oxygen atoms in total. The predicted molar refractivity (Wildman–Crippen MR) is 87.4 cm³/mol. The van der Waals surface area contributed by atoms with Crippen molar-refractivity contribution in [3.63, 3.8) is 0 Å². The number of para-hydroxylation sites is 2. The van der Waals surface area contributed by atoms with Crippen molar-refractivity contribution in [2.75, 3.05) is 25.1 Å². The lowest BCUT2D eigenvalue weighted by Crippen LogP contribution is -2.58. The van der Waals surface area contributed by atoms with Gasteiger partial charge in [-0.05, 0) is 31.4 Å². The fraction of sp³-hybridized carbons (Fsp3) is 0.529. The summed E-state index contributed by atoms with van der Waals surface area (Å²) < 4.78 is 11.1. The van der Waals surface area contributed by atoms with E-state index in [9.17, 15) is 9.59 Å². The Morgan fingerprint density at radius 3 is 2.87 bits per heavy atom. The molecule has 0 saturated heterocycles. The molecule has 1 aliphatic heterocycles. The summed E-state index contributed by atoms with van der Waals surface area (Å²) in [6.45, 7) is 7.35. The molecule has 0 fully saturated rings. The summed E-state index contributed by atoms with van der Waals surface area (Å²) in [4.78, 5) is 24.6. The number of ether oxygens (including phenoxy) is 2. The van der Waals surface area contributed by atoms with Crippen molar-refractivity contribution >= 4 is 17.5 Å². The molecule has 0 bridgehead atoms. The number of fused-ring (bicyclic) bond motifs is 1. The first-order valence-corrected chi connectivity index (χ1v) is 7.89. The highest BCUT2D eigenvalue weighted by Crippen LogP contribution is 2.33. The summed E-state index contributed by atoms with van der Waals surface area (Å²) in [7, 11) is 0. The highest BCUT2D eigenvalue weighted by molar-refractivity contribution is 6.15. The van der Waals surface area contributed by atoms with Crippen molar-refractivity contribution in [3.8, 4) is 5.75 Å². The lowest BCUT2D eigenvalue weighted by atomic mass is 10.0. The highest BCUT2D eigenvalue weighted by atomic mass is 16.5. The molecule has 0 spiro atoms. The van der Waals surface area contributed by atoms with Gasteiger partial charge in [-0.15, -0.1) is 0 Å². The molecule has 126 valence electrons. The second kappa shape index (κ2) is 7.46. The van der Waals surface area contributed by atoms with Crippen LogP contribution < -0.4 is 15.4 Å². The minimum atomic E-state index is -1.56. The van der Waals surface area contributed by atoms with E-state index in [2.05, 4.69) is 24.5 Å². The topological polar surface area (TPSA) is 76.7 Å². The minimum Gasteiger partial charge on any atom is -0.466 e. The van der Waals surface area contributed by atoms with Gasteiger partial charge in [-0.2, -0.15) is 0 Å². The van der Waals surface area contributed by atoms with Crippen LogP contribution in [-0.2, 0) is 14.3 Å². The zero-order valence-electron chi connectivity index (χ0n) is 13.8. The smallest absolute Gasteiger partial charge is 0.278 e. The van der Waals surface area contributed by atoms with E-state index in [1.54, 1.807) is 24.3 Å². The quantitative estimate of drug-likeness (QED) is 0.595. The third-order valence-electron chi connectivity index (χ3n) is 3.52. The van der Waals surface area contributed by atoms with Gasteiger partial charge in [0.25, 0.3) is 17.4 Å². The number of hydrogen-bond donors (Lipinski definition) is 2. The molecule has 1 aromatic rings. The van der Waals surface area contributed by atoms with Crippen LogP contribution >= 0.6 is 0 Å². The fourth-order valence-corrected chi connectivity index (χ4v) is 2.18. The van der Waals surface area contributed by atoms with Crippen LogP contribution in [0.4, 0.5) is 5.69 Å². The first-order valence-electron chi connectivity index (χ1n) is 7.89. The molecule has 23 heavy (non-hydrogen) atoms. The lowest BCUT2D eigenvalue weighted by Gasteiger charge is -2.33. The Hall–Kier alpha value is -2.08. The number of nitrogens with one attached hydrogen (secondary N) is 2. The van der Waals surface area contributed by atoms with Crippen molar-refractivity contribution in [1.82, 2.24) is 5.32 Å². The third-order valence-corrected chi connectivity index (χ3v) is 3.52. The summed E-state index contributed by atoms with van der Waals surface area (Å²) in [6.07, 6.45) is 0.687. The fourth-order valence-electron chi connectivity index (χ4n) is 2.18. The molecule has 6 heteroatoms. The molecule has 1 aromatic carbocycles. The van der Waals surface area contributed by atoms with E-state index in [1.807, 2.05) is 0 Å². The standard InChI is InChI=1S/C17H24N2O4/c1-12(2)11-22-10-6-9-18-15(20)17(3)16(21)19-13-7-4-5-8-14(13)23-17/h4-5,7-8,12H,6,9-11H2,1-3H3,(H,18,20)(H,19,21). The van der Waals surface area contributed by atoms with Crippen LogP contribution in [0.15, 0.2) is 24.3 Å². The van der Waals surface area contributed by atoms with Crippen molar-refractivity contribution in [2.24, 2.45) is 5.92 Å². The van der Waals surface area contributed by atoms with Crippen LogP contribution in [0.5, 0.6) is 5.75 Å². The Balaban J connectivity index is 1.85. The van der Waals surface area contributed by atoms with Gasteiger partial charge < -0.3 is 20.1 Å². The molecule has 0 saturated carbocycles. The largest absolute Gasteiger partial charge is 0.466 e. The molecule has 0 radical (unpaired) electrons. The number of benzene rings is 1. The molecule has 1 aliphatic rings. The maximum Gasteiger partial charge on any atom is 0.278 e. The predicted octanol–water partition coefficient (Wildman–Crippen LogP) is 1.96. The maximum atomic E-state index is 12.3. The second-order valence-corrected chi connectivity index (χ2v) is 6.16. The Labute approximate surface area is 136 Å². The Morgan fingerprint density at radius 2 is 2.13 bits per heavy atom. The highest BCUT2D eigenvalue weighted by Gasteiger charge is 2.46. The number of hydrogen-bond acceptors (Lipinski definition) is 4. The van der Waals surface area contributed by atoms with E-state index >= 15 is 0 Å². The molecule has 2 amide bonds. The van der Waals surface area contributed by atoms with Gasteiger partial charge in [-0.3, -0.25) is 9.59 Å². The summed E-state index contributed by atoms with van der Waals surface area (Å²) in [5.41, 5.74) is -0.988. The molecule has 2 rings (SSSR count). The van der Waals surface area contributed by atoms with Gasteiger partial charge >= 0.3 is 0 Å². The molecular weight excluding hydrogens is 296 g/mol. The molecule has 0 aromatic heterocycles. The number of anilines is 1. The monoisotopic (exact) mass is 320 g/mol. The van der Waals surface area contributed by atoms with Crippen molar-refractivity contribution in [1.29, 1.82) is 0 Å². The van der Waals surface area contributed by atoms with E-state index in [1.165, 1.54) is 6.92 Å². The van der Waals surface area contributed by atoms with Gasteiger partial charge in [0.05, 0.1) is 5.69 Å². The second-order valence-electron chi connectivity index (χ2n) is 6.16. The van der Waals surface area contributed by atoms with E-state index in [0.29, 0.717) is 43.5 Å². The van der Waals surface area contributed by atoms with Crippen LogP contribution in [0.3, 0.4) is 0 Å². The van der Waals surface area contributed by atoms with E-state index in [4.69, 9.17) is 9.47 Å². The van der Waals surface area contributed by atoms with E-state index in [-0.39, 0.29) is 0 Å². The number of rotatable bonds is 7. The first kappa shape index (κ1) is 17.3. The van der Waals surface area contributed by atoms with Gasteiger partial charge in [-0.25, -0.2) is 0 Å². The SMILES string of the molecule is CC(C)COCCCNC(=O)C1(C)Oc2ccccc2NC1=O. The lowest BCUT2D eigenvalue weighted by molar-refractivity contribution is -0.146. The zero-order valence-corrected chi connectivity index (χ0v) is 13.8. The van der Waals surface area contributed by atoms with Gasteiger partial charge in [-0.1, -0.05) is 26.0 Å². The minimum absolute atomic E-state index is 0.435. The Kier molecular flexibility index (Phi) is 5.60. The molecule has 2 N–H and O–H groups in total. The van der Waals surface area contributed by atoms with Crippen molar-refractivity contribution < 1.29 is 19.1 Å². The number of carbonyl (C=O) groups is 2. The molecule has 1 atom stereocenters. The molecule has 0 aliphatic carbocycles. The van der Waals surface area contributed by atoms with Crippen molar-refractivity contribution in [3.05, 3.63) is 24.3 Å². The van der Waals surface area contributed by atoms with Crippen LogP contribution in [-0.4, -0.2) is 37.2 Å². The summed E-state index contributed by atoms with van der Waals surface area (Å²) >= 11 is 0. The first-order chi connectivity index (χ1) is 10.9. The average Bonchev–Trinajstić information content (AvgIpc) is 2.51. The average molecular weight is 320 g/mol. The third kappa shape index (κ3) is 4.22. The number of carbonyl (C=O) groups excluding carboxylic acids is 2. The normalized spacial score (nSPS) is 19.7. The summed E-state index contributed by atoms with van der Waals surface area (Å²) in [6, 6.07) is 7.04. The Morgan fingerprint density at radius 1 is 1.39 bits per heavy atom. The van der Waals surface area contributed by atoms with Gasteiger partial charge in [0.15, 0.2) is 0 Å². The van der Waals surface area contributed by atoms with Gasteiger partial charge in [0.1, 0.15) is 5.75 Å². The summed E-state index contributed by atoms with van der Waals surface area (Å²) in [5, 5.41) is 5.44. The molecular formula is C17H24N2O4. The van der Waals surface area contributed by atoms with Crippen LogP contribution in [0.25, 0.3) is 0 Å². The number of amides is 2. The zero-order chi connectivity index (χ0) is 16.9. The van der Waals surface area contributed by atoms with Crippen LogP contribution in [0, 0.1) is 5.92 Å². The van der Waals surface area contributed by atoms with Crippen molar-refractivity contribution in [2.45, 2.75) is 32.8 Å². The maximum absolute atomic E-state index is 12.3. The van der Waals surface area contributed by atoms with Crippen LogP contribution in [0.1, 0.15) is 27.2 Å². The summed E-state index contributed by atoms with van der Waals surface area (Å²) in [5.74, 6) is 0.0612. The van der Waals surface area contributed by atoms with Gasteiger partial charge in [0, 0.05) is 19.8 Å². The Bertz CT molecular complexity index is 573.